The molecule has 1 aliphatic rings. The van der Waals surface area contributed by atoms with Crippen molar-refractivity contribution in [3.63, 3.8) is 0 Å². The van der Waals surface area contributed by atoms with Gasteiger partial charge in [0.05, 0.1) is 17.6 Å². The van der Waals surface area contributed by atoms with Crippen molar-refractivity contribution >= 4 is 22.8 Å². The minimum atomic E-state index is -4.58. The highest BCUT2D eigenvalue weighted by atomic mass is 19.4. The maximum absolute atomic E-state index is 13.5. The molecule has 2 heterocycles. The first kappa shape index (κ1) is 27.9. The zero-order valence-corrected chi connectivity index (χ0v) is 22.5. The number of aromatic nitrogens is 2. The average molecular weight is 593 g/mol. The minimum absolute atomic E-state index is 0.0146. The number of carbonyl (C=O) groups is 1. The van der Waals surface area contributed by atoms with Crippen molar-refractivity contribution in [1.82, 2.24) is 15.1 Å². The lowest BCUT2D eigenvalue weighted by Gasteiger charge is -2.09. The Morgan fingerprint density at radius 1 is 0.907 bits per heavy atom. The summed E-state index contributed by atoms with van der Waals surface area (Å²) in [7, 11) is 0. The van der Waals surface area contributed by atoms with Crippen LogP contribution in [-0.4, -0.2) is 22.6 Å². The summed E-state index contributed by atoms with van der Waals surface area (Å²) in [6.07, 6.45) is -4.58. The molecule has 43 heavy (non-hydrogen) atoms. The van der Waals surface area contributed by atoms with Crippen LogP contribution in [0.1, 0.15) is 22.3 Å². The van der Waals surface area contributed by atoms with Gasteiger partial charge in [0.25, 0.3) is 0 Å². The van der Waals surface area contributed by atoms with E-state index >= 15 is 0 Å². The molecule has 2 N–H and O–H groups in total. The van der Waals surface area contributed by atoms with Crippen molar-refractivity contribution in [2.45, 2.75) is 25.9 Å². The topological polar surface area (TPSA) is 86.6 Å². The molecule has 0 saturated heterocycles. The summed E-state index contributed by atoms with van der Waals surface area (Å²) in [4.78, 5) is 12.6. The van der Waals surface area contributed by atoms with Crippen LogP contribution in [0.5, 0.6) is 17.2 Å². The summed E-state index contributed by atoms with van der Waals surface area (Å²) >= 11 is 0. The molecule has 5 aromatic rings. The molecule has 0 fully saturated rings. The molecular weight excluding hydrogens is 568 g/mol. The number of ether oxygens (including phenoxy) is 3. The zero-order valence-electron chi connectivity index (χ0n) is 22.5. The molecule has 0 unspecified atom stereocenters. The van der Waals surface area contributed by atoms with E-state index < -0.39 is 23.6 Å². The molecule has 2 amide bonds. The van der Waals surface area contributed by atoms with Crippen molar-refractivity contribution in [2.24, 2.45) is 0 Å². The normalized spacial score (nSPS) is 12.4. The van der Waals surface area contributed by atoms with Crippen molar-refractivity contribution in [3.8, 4) is 17.2 Å². The highest BCUT2D eigenvalue weighted by Crippen LogP contribution is 2.36. The lowest BCUT2D eigenvalue weighted by molar-refractivity contribution is -0.137. The maximum atomic E-state index is 13.5. The van der Waals surface area contributed by atoms with Gasteiger partial charge in [-0.3, -0.25) is 10.00 Å². The van der Waals surface area contributed by atoms with Crippen LogP contribution in [0.3, 0.4) is 0 Å². The van der Waals surface area contributed by atoms with Gasteiger partial charge in [-0.1, -0.05) is 36.4 Å². The molecule has 8 nitrogen and oxygen atoms in total. The number of alkyl halides is 3. The third kappa shape index (κ3) is 6.48. The summed E-state index contributed by atoms with van der Waals surface area (Å²) in [6, 6.07) is 21.1. The fourth-order valence-electron chi connectivity index (χ4n) is 4.60. The number of amides is 2. The van der Waals surface area contributed by atoms with E-state index in [1.165, 1.54) is 28.9 Å². The Balaban J connectivity index is 1.17. The number of urea groups is 1. The number of carbonyl (C=O) groups excluding carboxylic acids is 1. The third-order valence-electron chi connectivity index (χ3n) is 6.76. The predicted molar refractivity (Wildman–Crippen MR) is 149 cm³/mol. The molecule has 220 valence electrons. The molecule has 0 radical (unpaired) electrons. The summed E-state index contributed by atoms with van der Waals surface area (Å²) in [5, 5.41) is 9.65. The maximum Gasteiger partial charge on any atom is 0.416 e. The number of anilines is 1. The Labute approximate surface area is 242 Å². The van der Waals surface area contributed by atoms with Gasteiger partial charge in [-0.05, 0) is 59.2 Å². The van der Waals surface area contributed by atoms with E-state index in [1.54, 1.807) is 24.3 Å². The second-order valence-electron chi connectivity index (χ2n) is 9.79. The van der Waals surface area contributed by atoms with E-state index in [0.717, 1.165) is 23.3 Å². The van der Waals surface area contributed by atoms with Crippen molar-refractivity contribution in [2.75, 3.05) is 12.1 Å². The molecule has 0 atom stereocenters. The molecule has 1 aliphatic heterocycles. The number of nitrogens with one attached hydrogen (secondary N) is 2. The van der Waals surface area contributed by atoms with Gasteiger partial charge in [-0.15, -0.1) is 0 Å². The van der Waals surface area contributed by atoms with Gasteiger partial charge in [-0.2, -0.15) is 18.3 Å². The number of fused-ring (bicyclic) bond motifs is 2. The van der Waals surface area contributed by atoms with E-state index in [2.05, 4.69) is 15.7 Å². The molecule has 0 aliphatic carbocycles. The lowest BCUT2D eigenvalue weighted by Crippen LogP contribution is -2.28. The second kappa shape index (κ2) is 11.6. The van der Waals surface area contributed by atoms with Crippen LogP contribution in [0.25, 0.3) is 10.9 Å². The number of rotatable bonds is 8. The molecular formula is C31H24F4N4O4. The minimum Gasteiger partial charge on any atom is -0.489 e. The summed E-state index contributed by atoms with van der Waals surface area (Å²) in [5.74, 6) is 1.44. The van der Waals surface area contributed by atoms with Gasteiger partial charge < -0.3 is 19.5 Å². The van der Waals surface area contributed by atoms with E-state index in [1.807, 2.05) is 24.3 Å². The van der Waals surface area contributed by atoms with Crippen LogP contribution in [-0.2, 0) is 25.9 Å². The molecule has 0 spiro atoms. The van der Waals surface area contributed by atoms with E-state index in [9.17, 15) is 22.4 Å². The van der Waals surface area contributed by atoms with Gasteiger partial charge in [-0.25, -0.2) is 9.18 Å². The van der Waals surface area contributed by atoms with Gasteiger partial charge in [0, 0.05) is 18.0 Å². The Hall–Kier alpha value is -5.26. The predicted octanol–water partition coefficient (Wildman–Crippen LogP) is 6.87. The number of benzene rings is 4. The summed E-state index contributed by atoms with van der Waals surface area (Å²) < 4.78 is 72.0. The summed E-state index contributed by atoms with van der Waals surface area (Å²) in [6.45, 7) is 0.735. The average Bonchev–Trinajstić information content (AvgIpc) is 3.59. The van der Waals surface area contributed by atoms with Crippen LogP contribution < -0.4 is 24.8 Å². The standard InChI is InChI=1S/C31H24F4N4O4/c32-23-3-1-2-21(12-23)15-36-30(40)37-29-25-13-22(31(33,34)35)8-10-26(25)39(38-29)16-19-4-6-20(7-5-19)17-41-24-9-11-27-28(14-24)43-18-42-27/h1-14H,15-18H2,(H2,36,37,38,40). The van der Waals surface area contributed by atoms with E-state index in [-0.39, 0.29) is 31.1 Å². The van der Waals surface area contributed by atoms with Crippen molar-refractivity contribution in [1.29, 1.82) is 0 Å². The number of hydrogen-bond donors (Lipinski definition) is 2. The largest absolute Gasteiger partial charge is 0.489 e. The van der Waals surface area contributed by atoms with E-state index in [0.29, 0.717) is 34.9 Å². The molecule has 0 saturated carbocycles. The van der Waals surface area contributed by atoms with Crippen LogP contribution in [0.4, 0.5) is 28.2 Å². The fourth-order valence-corrected chi connectivity index (χ4v) is 4.60. The first-order valence-electron chi connectivity index (χ1n) is 13.2. The highest BCUT2D eigenvalue weighted by molar-refractivity contribution is 5.99. The van der Waals surface area contributed by atoms with Gasteiger partial charge >= 0.3 is 12.2 Å². The van der Waals surface area contributed by atoms with Crippen molar-refractivity contribution < 1.29 is 36.6 Å². The van der Waals surface area contributed by atoms with Crippen LogP contribution in [0, 0.1) is 5.82 Å². The Morgan fingerprint density at radius 3 is 2.49 bits per heavy atom. The van der Waals surface area contributed by atoms with E-state index in [4.69, 9.17) is 14.2 Å². The molecule has 6 rings (SSSR count). The lowest BCUT2D eigenvalue weighted by atomic mass is 10.1. The Kier molecular flexibility index (Phi) is 7.49. The van der Waals surface area contributed by atoms with Gasteiger partial charge in [0.2, 0.25) is 6.79 Å². The van der Waals surface area contributed by atoms with Gasteiger partial charge in [0.15, 0.2) is 17.3 Å². The molecule has 4 aromatic carbocycles. The SMILES string of the molecule is O=C(NCc1cccc(F)c1)Nc1nn(Cc2ccc(COc3ccc4c(c3)OCO4)cc2)c2ccc(C(F)(F)F)cc12. The molecule has 12 heteroatoms. The first-order valence-corrected chi connectivity index (χ1v) is 13.2. The molecule has 1 aromatic heterocycles. The highest BCUT2D eigenvalue weighted by Gasteiger charge is 2.31. The van der Waals surface area contributed by atoms with Crippen LogP contribution in [0.15, 0.2) is 84.9 Å². The monoisotopic (exact) mass is 592 g/mol. The quantitative estimate of drug-likeness (QED) is 0.192. The number of hydrogen-bond acceptors (Lipinski definition) is 5. The smallest absolute Gasteiger partial charge is 0.416 e. The summed E-state index contributed by atoms with van der Waals surface area (Å²) in [5.41, 5.74) is 1.80. The number of nitrogens with zero attached hydrogens (tertiary/aromatic N) is 2. The van der Waals surface area contributed by atoms with Gasteiger partial charge in [0.1, 0.15) is 18.2 Å². The van der Waals surface area contributed by atoms with Crippen LogP contribution >= 0.6 is 0 Å². The molecule has 0 bridgehead atoms. The number of halogens is 4. The first-order chi connectivity index (χ1) is 20.7. The second-order valence-corrected chi connectivity index (χ2v) is 9.79. The third-order valence-corrected chi connectivity index (χ3v) is 6.76. The van der Waals surface area contributed by atoms with Crippen LogP contribution in [0.2, 0.25) is 0 Å². The Bertz CT molecular complexity index is 1790. The van der Waals surface area contributed by atoms with Crippen molar-refractivity contribution in [3.05, 3.63) is 113 Å². The Morgan fingerprint density at radius 2 is 1.70 bits per heavy atom. The zero-order chi connectivity index (χ0) is 30.0. The fraction of sp³-hybridized carbons (Fsp3) is 0.161.